The van der Waals surface area contributed by atoms with Gasteiger partial charge in [-0.3, -0.25) is 0 Å². The van der Waals surface area contributed by atoms with Crippen LogP contribution in [-0.4, -0.2) is 24.5 Å². The molecule has 0 saturated heterocycles. The lowest BCUT2D eigenvalue weighted by atomic mass is 9.86. The molecule has 0 aliphatic carbocycles. The lowest BCUT2D eigenvalue weighted by Crippen LogP contribution is -2.27. The quantitative estimate of drug-likeness (QED) is 0.0442. The number of nitrogens with zero attached hydrogens (tertiary/aromatic N) is 1. The molecule has 2 atom stereocenters. The van der Waals surface area contributed by atoms with Gasteiger partial charge >= 0.3 is 0 Å². The Hall–Kier alpha value is -0.560. The molecule has 0 rings (SSSR count). The summed E-state index contributed by atoms with van der Waals surface area (Å²) in [6.07, 6.45) is 54.4. The molecule has 1 heteroatoms. The second kappa shape index (κ2) is 43.6. The van der Waals surface area contributed by atoms with Crippen LogP contribution in [0.2, 0.25) is 0 Å². The van der Waals surface area contributed by atoms with Crippen molar-refractivity contribution >= 4 is 0 Å². The highest BCUT2D eigenvalue weighted by atomic mass is 15.1. The summed E-state index contributed by atoms with van der Waals surface area (Å²) in [6.45, 7) is 25.0. The van der Waals surface area contributed by atoms with Crippen molar-refractivity contribution in [2.75, 3.05) is 19.6 Å². The monoisotopic (exact) mass is 756 g/mol. The van der Waals surface area contributed by atoms with E-state index in [1.807, 2.05) is 0 Å². The van der Waals surface area contributed by atoms with Crippen LogP contribution >= 0.6 is 0 Å². The van der Waals surface area contributed by atoms with Crippen molar-refractivity contribution in [3.63, 3.8) is 0 Å². The summed E-state index contributed by atoms with van der Waals surface area (Å²) in [7, 11) is 0. The molecule has 2 unspecified atom stereocenters. The van der Waals surface area contributed by atoms with E-state index < -0.39 is 0 Å². The summed E-state index contributed by atoms with van der Waals surface area (Å²) in [5.41, 5.74) is 3.19. The molecule has 0 aliphatic heterocycles. The molecule has 0 amide bonds. The number of allylic oxidation sites excluding steroid dienone is 2. The van der Waals surface area contributed by atoms with Gasteiger partial charge in [0.15, 0.2) is 0 Å². The van der Waals surface area contributed by atoms with E-state index in [1.165, 1.54) is 270 Å². The number of hydrogen-bond acceptors (Lipinski definition) is 1. The largest absolute Gasteiger partial charge is 0.303 e. The van der Waals surface area contributed by atoms with E-state index >= 15 is 0 Å². The second-order valence-corrected chi connectivity index (χ2v) is 18.1. The average Bonchev–Trinajstić information content (AvgIpc) is 3.17. The Balaban J connectivity index is 4.36. The molecule has 0 spiro atoms. The Morgan fingerprint density at radius 3 is 0.852 bits per heavy atom. The van der Waals surface area contributed by atoms with E-state index in [4.69, 9.17) is 0 Å². The minimum Gasteiger partial charge on any atom is -0.303 e. The zero-order valence-corrected chi connectivity index (χ0v) is 38.7. The molecule has 0 saturated carbocycles. The molecule has 0 aromatic rings. The summed E-state index contributed by atoms with van der Waals surface area (Å²) in [6, 6.07) is 0. The van der Waals surface area contributed by atoms with E-state index in [0.717, 1.165) is 11.8 Å². The van der Waals surface area contributed by atoms with Gasteiger partial charge in [-0.1, -0.05) is 239 Å². The van der Waals surface area contributed by atoms with Crippen molar-refractivity contribution in [2.24, 2.45) is 11.8 Å². The molecule has 0 N–H and O–H groups in total. The topological polar surface area (TPSA) is 3.24 Å². The van der Waals surface area contributed by atoms with Gasteiger partial charge in [-0.15, -0.1) is 0 Å². The molecule has 0 heterocycles. The van der Waals surface area contributed by atoms with Crippen molar-refractivity contribution in [3.8, 4) is 0 Å². The predicted molar refractivity (Wildman–Crippen MR) is 250 cm³/mol. The van der Waals surface area contributed by atoms with Crippen LogP contribution in [0.25, 0.3) is 0 Å². The summed E-state index contributed by atoms with van der Waals surface area (Å²) in [5, 5.41) is 0. The molecule has 0 bridgehead atoms. The minimum absolute atomic E-state index is 0.793. The SMILES string of the molecule is C=C(CCCCCCCN(CCCCC)CCCCCCCC(=C)C(CCCCCC)CCCCCCCC)C(CCCCCC)CCCCCCCC. The molecule has 1 nitrogen and oxygen atoms in total. The van der Waals surface area contributed by atoms with Crippen LogP contribution in [0.15, 0.2) is 24.3 Å². The van der Waals surface area contributed by atoms with Crippen LogP contribution in [0.1, 0.15) is 285 Å². The fourth-order valence-electron chi connectivity index (χ4n) is 8.85. The Bertz CT molecular complexity index is 694. The van der Waals surface area contributed by atoms with E-state index in [9.17, 15) is 0 Å². The summed E-state index contributed by atoms with van der Waals surface area (Å²) in [4.78, 5) is 2.83. The fourth-order valence-corrected chi connectivity index (χ4v) is 8.85. The van der Waals surface area contributed by atoms with Gasteiger partial charge in [0.1, 0.15) is 0 Å². The van der Waals surface area contributed by atoms with E-state index in [-0.39, 0.29) is 0 Å². The van der Waals surface area contributed by atoms with E-state index in [1.54, 1.807) is 11.1 Å². The van der Waals surface area contributed by atoms with Gasteiger partial charge < -0.3 is 4.90 Å². The van der Waals surface area contributed by atoms with E-state index in [2.05, 4.69) is 52.7 Å². The Morgan fingerprint density at radius 1 is 0.296 bits per heavy atom. The summed E-state index contributed by atoms with van der Waals surface area (Å²) >= 11 is 0. The molecule has 0 fully saturated rings. The maximum Gasteiger partial charge on any atom is -0.00187 e. The molecule has 0 aromatic carbocycles. The average molecular weight is 756 g/mol. The van der Waals surface area contributed by atoms with E-state index in [0.29, 0.717) is 0 Å². The molecular weight excluding hydrogens is 651 g/mol. The molecule has 54 heavy (non-hydrogen) atoms. The highest BCUT2D eigenvalue weighted by Gasteiger charge is 2.14. The summed E-state index contributed by atoms with van der Waals surface area (Å²) < 4.78 is 0. The number of rotatable bonds is 46. The van der Waals surface area contributed by atoms with Gasteiger partial charge in [0.25, 0.3) is 0 Å². The normalized spacial score (nSPS) is 12.9. The van der Waals surface area contributed by atoms with Crippen molar-refractivity contribution in [3.05, 3.63) is 24.3 Å². The third-order valence-corrected chi connectivity index (χ3v) is 12.8. The first-order valence-electron chi connectivity index (χ1n) is 25.6. The second-order valence-electron chi connectivity index (χ2n) is 18.1. The minimum atomic E-state index is 0.793. The van der Waals surface area contributed by atoms with Crippen LogP contribution in [0.4, 0.5) is 0 Å². The van der Waals surface area contributed by atoms with Gasteiger partial charge in [-0.05, 0) is 102 Å². The maximum atomic E-state index is 4.66. The van der Waals surface area contributed by atoms with Crippen molar-refractivity contribution < 1.29 is 0 Å². The molecular formula is C53H105N. The highest BCUT2D eigenvalue weighted by Crippen LogP contribution is 2.29. The van der Waals surface area contributed by atoms with Crippen LogP contribution in [0, 0.1) is 11.8 Å². The lowest BCUT2D eigenvalue weighted by molar-refractivity contribution is 0.255. The van der Waals surface area contributed by atoms with Gasteiger partial charge in [-0.2, -0.15) is 0 Å². The molecule has 322 valence electrons. The van der Waals surface area contributed by atoms with Gasteiger partial charge in [0, 0.05) is 0 Å². The lowest BCUT2D eigenvalue weighted by Gasteiger charge is -2.22. The Kier molecular flexibility index (Phi) is 43.1. The number of hydrogen-bond donors (Lipinski definition) is 0. The van der Waals surface area contributed by atoms with Crippen molar-refractivity contribution in [1.82, 2.24) is 4.90 Å². The van der Waals surface area contributed by atoms with Crippen LogP contribution in [0.5, 0.6) is 0 Å². The van der Waals surface area contributed by atoms with Crippen molar-refractivity contribution in [1.29, 1.82) is 0 Å². The predicted octanol–water partition coefficient (Wildman–Crippen LogP) is 18.9. The Labute approximate surface area is 344 Å². The Morgan fingerprint density at radius 2 is 0.519 bits per heavy atom. The van der Waals surface area contributed by atoms with Gasteiger partial charge in [0.05, 0.1) is 0 Å². The van der Waals surface area contributed by atoms with Crippen LogP contribution in [0.3, 0.4) is 0 Å². The van der Waals surface area contributed by atoms with Crippen molar-refractivity contribution in [2.45, 2.75) is 285 Å². The zero-order chi connectivity index (χ0) is 39.6. The summed E-state index contributed by atoms with van der Waals surface area (Å²) in [5.74, 6) is 1.59. The molecule has 0 aliphatic rings. The smallest absolute Gasteiger partial charge is 0.00187 e. The van der Waals surface area contributed by atoms with Gasteiger partial charge in [-0.25, -0.2) is 0 Å². The fraction of sp³-hybridized carbons (Fsp3) is 0.925. The van der Waals surface area contributed by atoms with Crippen LogP contribution < -0.4 is 0 Å². The van der Waals surface area contributed by atoms with Crippen LogP contribution in [-0.2, 0) is 0 Å². The first-order chi connectivity index (χ1) is 26.5. The standard InChI is InChI=1S/C53H105N/c1-8-13-18-22-28-36-45-52(43-34-20-15-10-3)50(6)41-32-26-24-30-39-48-54(47-38-17-12-5)49-40-31-25-27-33-42-51(7)53(44-35-21-16-11-4)46-37-29-23-19-14-9-2/h52-53H,6-49H2,1-5H3. The molecule has 0 aromatic heterocycles. The maximum absolute atomic E-state index is 4.66. The molecule has 0 radical (unpaired) electrons. The first kappa shape index (κ1) is 53.4. The van der Waals surface area contributed by atoms with Gasteiger partial charge in [0.2, 0.25) is 0 Å². The third kappa shape index (κ3) is 35.8. The number of unbranched alkanes of at least 4 members (excludes halogenated alkanes) is 26. The first-order valence-corrected chi connectivity index (χ1v) is 25.6. The third-order valence-electron chi connectivity index (χ3n) is 12.8. The zero-order valence-electron chi connectivity index (χ0n) is 38.7. The highest BCUT2D eigenvalue weighted by molar-refractivity contribution is 5.01.